The Kier molecular flexibility index (Phi) is 4.20. The largest absolute Gasteiger partial charge is 0.315 e. The highest BCUT2D eigenvalue weighted by Crippen LogP contribution is 2.32. The van der Waals surface area contributed by atoms with E-state index < -0.39 is 0 Å². The Labute approximate surface area is 111 Å². The summed E-state index contributed by atoms with van der Waals surface area (Å²) in [6.45, 7) is 4.48. The van der Waals surface area contributed by atoms with Gasteiger partial charge in [0.1, 0.15) is 0 Å². The van der Waals surface area contributed by atoms with Crippen LogP contribution in [0, 0.1) is 11.8 Å². The quantitative estimate of drug-likeness (QED) is 0.804. The summed E-state index contributed by atoms with van der Waals surface area (Å²) in [6, 6.07) is 8.71. The molecule has 1 aromatic rings. The Hall–Kier alpha value is -0.420. The van der Waals surface area contributed by atoms with Gasteiger partial charge in [0.25, 0.3) is 0 Å². The number of hydrogen-bond acceptors (Lipinski definition) is 3. The predicted molar refractivity (Wildman–Crippen MR) is 74.1 cm³/mol. The van der Waals surface area contributed by atoms with E-state index in [0.717, 1.165) is 10.9 Å². The minimum absolute atomic E-state index is 0.0291. The summed E-state index contributed by atoms with van der Waals surface area (Å²) >= 11 is 3.52. The van der Waals surface area contributed by atoms with E-state index in [2.05, 4.69) is 58.8 Å². The lowest BCUT2D eigenvalue weighted by Crippen LogP contribution is -2.39. The Morgan fingerprint density at radius 2 is 2.12 bits per heavy atom. The fourth-order valence-electron chi connectivity index (χ4n) is 2.47. The lowest BCUT2D eigenvalue weighted by atomic mass is 9.86. The molecule has 1 saturated heterocycles. The van der Waals surface area contributed by atoms with Gasteiger partial charge in [-0.05, 0) is 30.0 Å². The highest BCUT2D eigenvalue weighted by atomic mass is 79.9. The maximum absolute atomic E-state index is 6.11. The van der Waals surface area contributed by atoms with Crippen LogP contribution in [-0.2, 0) is 0 Å². The fourth-order valence-corrected chi connectivity index (χ4v) is 2.88. The third-order valence-corrected chi connectivity index (χ3v) is 3.74. The van der Waals surface area contributed by atoms with Crippen molar-refractivity contribution in [3.63, 3.8) is 0 Å². The second-order valence-corrected chi connectivity index (χ2v) is 6.06. The summed E-state index contributed by atoms with van der Waals surface area (Å²) in [4.78, 5) is 0. The zero-order valence-electron chi connectivity index (χ0n) is 10.3. The maximum atomic E-state index is 6.11. The molecule has 94 valence electrons. The summed E-state index contributed by atoms with van der Waals surface area (Å²) in [6.07, 6.45) is 1.15. The van der Waals surface area contributed by atoms with E-state index in [-0.39, 0.29) is 6.17 Å². The highest BCUT2D eigenvalue weighted by molar-refractivity contribution is 9.10. The smallest absolute Gasteiger partial charge is 0.0726 e. The van der Waals surface area contributed by atoms with Crippen LogP contribution in [-0.4, -0.2) is 6.17 Å². The van der Waals surface area contributed by atoms with Crippen molar-refractivity contribution < 1.29 is 0 Å². The Balaban J connectivity index is 2.19. The second-order valence-electron chi connectivity index (χ2n) is 5.14. The number of hydrogen-bond donors (Lipinski definition) is 3. The van der Waals surface area contributed by atoms with Crippen molar-refractivity contribution in [3.05, 3.63) is 34.3 Å². The summed E-state index contributed by atoms with van der Waals surface area (Å²) in [5.74, 6) is 1.09. The van der Waals surface area contributed by atoms with E-state index in [1.807, 2.05) is 6.07 Å². The first-order valence-electron chi connectivity index (χ1n) is 6.10. The molecule has 1 aromatic carbocycles. The molecule has 2 rings (SSSR count). The molecule has 4 heteroatoms. The molecule has 0 saturated carbocycles. The first-order chi connectivity index (χ1) is 8.08. The van der Waals surface area contributed by atoms with Gasteiger partial charge in [-0.25, -0.2) is 10.9 Å². The Bertz CT molecular complexity index is 381. The van der Waals surface area contributed by atoms with Crippen molar-refractivity contribution in [2.45, 2.75) is 32.5 Å². The van der Waals surface area contributed by atoms with Crippen LogP contribution in [0.3, 0.4) is 0 Å². The normalized spacial score (nSPS) is 28.9. The molecule has 1 heterocycles. The monoisotopic (exact) mass is 297 g/mol. The van der Waals surface area contributed by atoms with Crippen LogP contribution in [0.1, 0.15) is 31.9 Å². The van der Waals surface area contributed by atoms with Crippen molar-refractivity contribution in [2.24, 2.45) is 17.6 Å². The van der Waals surface area contributed by atoms with Crippen LogP contribution in [0.25, 0.3) is 0 Å². The van der Waals surface area contributed by atoms with Crippen molar-refractivity contribution in [1.29, 1.82) is 0 Å². The lowest BCUT2D eigenvalue weighted by Gasteiger charge is -2.23. The van der Waals surface area contributed by atoms with Crippen LogP contribution in [0.5, 0.6) is 0 Å². The van der Waals surface area contributed by atoms with Crippen molar-refractivity contribution in [3.8, 4) is 0 Å². The molecule has 0 amide bonds. The van der Waals surface area contributed by atoms with Gasteiger partial charge in [0.15, 0.2) is 0 Å². The predicted octanol–water partition coefficient (Wildman–Crippen LogP) is 2.55. The first-order valence-corrected chi connectivity index (χ1v) is 6.89. The van der Waals surface area contributed by atoms with Gasteiger partial charge in [-0.2, -0.15) is 0 Å². The number of hydrazine groups is 1. The van der Waals surface area contributed by atoms with Crippen LogP contribution in [0.2, 0.25) is 0 Å². The highest BCUT2D eigenvalue weighted by Gasteiger charge is 2.34. The minimum atomic E-state index is 0.0291. The zero-order chi connectivity index (χ0) is 12.4. The number of rotatable bonds is 3. The van der Waals surface area contributed by atoms with E-state index >= 15 is 0 Å². The summed E-state index contributed by atoms with van der Waals surface area (Å²) < 4.78 is 1.11. The van der Waals surface area contributed by atoms with E-state index in [9.17, 15) is 0 Å². The molecule has 4 N–H and O–H groups in total. The van der Waals surface area contributed by atoms with Crippen molar-refractivity contribution in [1.82, 2.24) is 10.9 Å². The van der Waals surface area contributed by atoms with E-state index in [1.165, 1.54) is 5.56 Å². The van der Waals surface area contributed by atoms with Crippen LogP contribution in [0.15, 0.2) is 28.7 Å². The maximum Gasteiger partial charge on any atom is 0.0726 e. The molecule has 0 aliphatic carbocycles. The third-order valence-electron chi connectivity index (χ3n) is 3.25. The van der Waals surface area contributed by atoms with E-state index in [1.54, 1.807) is 0 Å². The molecule has 3 nitrogen and oxygen atoms in total. The lowest BCUT2D eigenvalue weighted by molar-refractivity contribution is 0.344. The molecule has 17 heavy (non-hydrogen) atoms. The van der Waals surface area contributed by atoms with Crippen LogP contribution < -0.4 is 16.6 Å². The van der Waals surface area contributed by atoms with Crippen LogP contribution >= 0.6 is 15.9 Å². The molecule has 3 unspecified atom stereocenters. The summed E-state index contributed by atoms with van der Waals surface area (Å²) in [7, 11) is 0. The Morgan fingerprint density at radius 1 is 1.35 bits per heavy atom. The standard InChI is InChI=1S/C13H20BrN3/c1-8(2)6-11-12(16-17-13(11)15)9-4-3-5-10(14)7-9/h3-5,7-8,11-13,16-17H,6,15H2,1-2H3. The zero-order valence-corrected chi connectivity index (χ0v) is 11.9. The fraction of sp³-hybridized carbons (Fsp3) is 0.538. The molecule has 0 spiro atoms. The molecular weight excluding hydrogens is 278 g/mol. The molecule has 0 aromatic heterocycles. The number of nitrogens with one attached hydrogen (secondary N) is 2. The molecule has 0 radical (unpaired) electrons. The molecule has 0 bridgehead atoms. The van der Waals surface area contributed by atoms with Crippen molar-refractivity contribution >= 4 is 15.9 Å². The van der Waals surface area contributed by atoms with Gasteiger partial charge in [0.05, 0.1) is 12.2 Å². The minimum Gasteiger partial charge on any atom is -0.315 e. The third kappa shape index (κ3) is 3.07. The number of benzene rings is 1. The van der Waals surface area contributed by atoms with E-state index in [4.69, 9.17) is 5.73 Å². The molecule has 1 fully saturated rings. The SMILES string of the molecule is CC(C)CC1C(N)NNC1c1cccc(Br)c1. The second kappa shape index (κ2) is 5.48. The average molecular weight is 298 g/mol. The van der Waals surface area contributed by atoms with Gasteiger partial charge in [0, 0.05) is 10.4 Å². The summed E-state index contributed by atoms with van der Waals surface area (Å²) in [5.41, 5.74) is 13.9. The molecule has 1 aliphatic heterocycles. The van der Waals surface area contributed by atoms with Gasteiger partial charge in [-0.15, -0.1) is 0 Å². The van der Waals surface area contributed by atoms with Crippen LogP contribution in [0.4, 0.5) is 0 Å². The summed E-state index contributed by atoms with van der Waals surface area (Å²) in [5, 5.41) is 0. The number of halogens is 1. The first kappa shape index (κ1) is 13.0. The van der Waals surface area contributed by atoms with Gasteiger partial charge in [-0.3, -0.25) is 0 Å². The van der Waals surface area contributed by atoms with Crippen molar-refractivity contribution in [2.75, 3.05) is 0 Å². The van der Waals surface area contributed by atoms with Gasteiger partial charge >= 0.3 is 0 Å². The van der Waals surface area contributed by atoms with Gasteiger partial charge in [-0.1, -0.05) is 41.9 Å². The number of nitrogens with two attached hydrogens (primary N) is 1. The molecule has 3 atom stereocenters. The average Bonchev–Trinajstić information content (AvgIpc) is 2.60. The molecular formula is C13H20BrN3. The topological polar surface area (TPSA) is 50.1 Å². The van der Waals surface area contributed by atoms with E-state index in [0.29, 0.717) is 17.9 Å². The Morgan fingerprint density at radius 3 is 2.76 bits per heavy atom. The molecule has 1 aliphatic rings. The van der Waals surface area contributed by atoms with Gasteiger partial charge < -0.3 is 5.73 Å². The van der Waals surface area contributed by atoms with Gasteiger partial charge in [0.2, 0.25) is 0 Å².